The van der Waals surface area contributed by atoms with E-state index in [4.69, 9.17) is 15.2 Å². The van der Waals surface area contributed by atoms with Crippen molar-refractivity contribution in [2.45, 2.75) is 36.5 Å². The molecule has 0 unspecified atom stereocenters. The van der Waals surface area contributed by atoms with Crippen molar-refractivity contribution in [3.05, 3.63) is 29.5 Å². The fourth-order valence-electron chi connectivity index (χ4n) is 2.32. The van der Waals surface area contributed by atoms with E-state index >= 15 is 0 Å². The number of nitrogens with zero attached hydrogens (tertiary/aromatic N) is 2. The molecule has 3 N–H and O–H groups in total. The first kappa shape index (κ1) is 19.8. The third kappa shape index (κ3) is 4.78. The van der Waals surface area contributed by atoms with Crippen LogP contribution in [0.15, 0.2) is 28.0 Å². The fraction of sp³-hybridized carbons (Fsp3) is 0.389. The van der Waals surface area contributed by atoms with Crippen molar-refractivity contribution < 1.29 is 14.3 Å². The Labute approximate surface area is 157 Å². The van der Waals surface area contributed by atoms with Gasteiger partial charge in [-0.25, -0.2) is 9.78 Å². The lowest BCUT2D eigenvalue weighted by molar-refractivity contribution is 0.0600. The summed E-state index contributed by atoms with van der Waals surface area (Å²) in [5.41, 5.74) is 7.01. The van der Waals surface area contributed by atoms with Gasteiger partial charge in [-0.2, -0.15) is 4.98 Å². The molecule has 0 aliphatic carbocycles. The van der Waals surface area contributed by atoms with Gasteiger partial charge in [-0.3, -0.25) is 0 Å². The van der Waals surface area contributed by atoms with Crippen LogP contribution in [0.1, 0.15) is 35.8 Å². The maximum absolute atomic E-state index is 11.8. The van der Waals surface area contributed by atoms with E-state index in [0.717, 1.165) is 34.9 Å². The van der Waals surface area contributed by atoms with Crippen molar-refractivity contribution in [3.8, 4) is 5.75 Å². The number of ether oxygens (including phenoxy) is 2. The lowest BCUT2D eigenvalue weighted by Gasteiger charge is -2.15. The highest BCUT2D eigenvalue weighted by molar-refractivity contribution is 7.99. The normalized spacial score (nSPS) is 10.5. The molecule has 0 radical (unpaired) electrons. The molecule has 1 aromatic heterocycles. The molecule has 0 spiro atoms. The van der Waals surface area contributed by atoms with Crippen molar-refractivity contribution in [2.75, 3.05) is 31.8 Å². The van der Waals surface area contributed by atoms with Crippen LogP contribution in [0.25, 0.3) is 0 Å². The van der Waals surface area contributed by atoms with Gasteiger partial charge >= 0.3 is 5.97 Å². The Morgan fingerprint density at radius 2 is 2.08 bits per heavy atom. The number of methoxy groups -OCH3 is 2. The first-order valence-corrected chi connectivity index (χ1v) is 9.14. The van der Waals surface area contributed by atoms with Gasteiger partial charge in [0.1, 0.15) is 11.6 Å². The first-order chi connectivity index (χ1) is 12.5. The molecule has 8 heteroatoms. The van der Waals surface area contributed by atoms with E-state index in [-0.39, 0.29) is 5.95 Å². The average Bonchev–Trinajstić information content (AvgIpc) is 2.63. The van der Waals surface area contributed by atoms with Crippen molar-refractivity contribution in [1.29, 1.82) is 0 Å². The van der Waals surface area contributed by atoms with Crippen molar-refractivity contribution in [3.63, 3.8) is 0 Å². The molecule has 2 rings (SSSR count). The molecule has 140 valence electrons. The minimum Gasteiger partial charge on any atom is -0.496 e. The average molecular weight is 376 g/mol. The molecule has 0 bridgehead atoms. The molecule has 0 saturated carbocycles. The smallest absolute Gasteiger partial charge is 0.337 e. The van der Waals surface area contributed by atoms with Crippen molar-refractivity contribution in [2.24, 2.45) is 0 Å². The molecule has 26 heavy (non-hydrogen) atoms. The van der Waals surface area contributed by atoms with Gasteiger partial charge in [0.05, 0.1) is 35.3 Å². The molecular formula is C18H24N4O3S. The molecule has 0 saturated heterocycles. The standard InChI is InChI=1S/C18H24N4O3S/c1-5-6-9-20-16-15(11(2)21-18(19)22-16)26-14-10-12(17(23)25-4)7-8-13(14)24-3/h7-8,10H,5-6,9H2,1-4H3,(H3,19,20,21,22). The number of nitrogens with two attached hydrogens (primary N) is 1. The van der Waals surface area contributed by atoms with E-state index in [1.807, 2.05) is 6.92 Å². The highest BCUT2D eigenvalue weighted by atomic mass is 32.2. The van der Waals surface area contributed by atoms with Crippen LogP contribution in [0.2, 0.25) is 0 Å². The van der Waals surface area contributed by atoms with Crippen LogP contribution in [0, 0.1) is 6.92 Å². The second-order valence-electron chi connectivity index (χ2n) is 5.58. The zero-order valence-electron chi connectivity index (χ0n) is 15.5. The Hall–Kier alpha value is -2.48. The summed E-state index contributed by atoms with van der Waals surface area (Å²) in [4.78, 5) is 22.1. The van der Waals surface area contributed by atoms with Crippen LogP contribution in [0.4, 0.5) is 11.8 Å². The van der Waals surface area contributed by atoms with E-state index in [0.29, 0.717) is 17.1 Å². The summed E-state index contributed by atoms with van der Waals surface area (Å²) in [5, 5.41) is 3.32. The number of hydrogen-bond acceptors (Lipinski definition) is 8. The summed E-state index contributed by atoms with van der Waals surface area (Å²) in [7, 11) is 2.94. The van der Waals surface area contributed by atoms with Gasteiger partial charge in [-0.05, 0) is 31.5 Å². The molecule has 0 aliphatic heterocycles. The minimum atomic E-state index is -0.402. The third-order valence-corrected chi connectivity index (χ3v) is 4.90. The van der Waals surface area contributed by atoms with E-state index in [9.17, 15) is 4.79 Å². The number of carbonyl (C=O) groups excluding carboxylic acids is 1. The second kappa shape index (κ2) is 9.28. The Bertz CT molecular complexity index is 783. The molecule has 0 fully saturated rings. The van der Waals surface area contributed by atoms with Crippen LogP contribution in [0.5, 0.6) is 5.75 Å². The molecule has 0 atom stereocenters. The van der Waals surface area contributed by atoms with Gasteiger partial charge in [-0.15, -0.1) is 0 Å². The van der Waals surface area contributed by atoms with Crippen LogP contribution in [-0.2, 0) is 4.74 Å². The summed E-state index contributed by atoms with van der Waals surface area (Å²) in [5.74, 6) is 1.15. The van der Waals surface area contributed by atoms with Gasteiger partial charge < -0.3 is 20.5 Å². The predicted octanol–water partition coefficient (Wildman–Crippen LogP) is 3.53. The number of benzene rings is 1. The minimum absolute atomic E-state index is 0.223. The number of esters is 1. The van der Waals surface area contributed by atoms with E-state index in [1.165, 1.54) is 18.9 Å². The zero-order valence-corrected chi connectivity index (χ0v) is 16.3. The number of aryl methyl sites for hydroxylation is 1. The number of rotatable bonds is 8. The number of unbranched alkanes of at least 4 members (excludes halogenated alkanes) is 1. The van der Waals surface area contributed by atoms with Crippen molar-refractivity contribution in [1.82, 2.24) is 9.97 Å². The van der Waals surface area contributed by atoms with E-state index in [1.54, 1.807) is 25.3 Å². The van der Waals surface area contributed by atoms with Crippen LogP contribution >= 0.6 is 11.8 Å². The maximum atomic E-state index is 11.8. The van der Waals surface area contributed by atoms with Crippen molar-refractivity contribution >= 4 is 29.5 Å². The van der Waals surface area contributed by atoms with Gasteiger partial charge in [0.15, 0.2) is 0 Å². The third-order valence-electron chi connectivity index (χ3n) is 3.67. The predicted molar refractivity (Wildman–Crippen MR) is 103 cm³/mol. The summed E-state index contributed by atoms with van der Waals surface area (Å²) < 4.78 is 10.2. The van der Waals surface area contributed by atoms with E-state index < -0.39 is 5.97 Å². The largest absolute Gasteiger partial charge is 0.496 e. The van der Waals surface area contributed by atoms with Crippen LogP contribution < -0.4 is 15.8 Å². The number of nitrogens with one attached hydrogen (secondary N) is 1. The number of anilines is 2. The summed E-state index contributed by atoms with van der Waals surface area (Å²) >= 11 is 1.43. The second-order valence-corrected chi connectivity index (χ2v) is 6.64. The van der Waals surface area contributed by atoms with Gasteiger partial charge in [0.25, 0.3) is 0 Å². The Balaban J connectivity index is 2.41. The topological polar surface area (TPSA) is 99.4 Å². The van der Waals surface area contributed by atoms with Crippen LogP contribution in [-0.4, -0.2) is 36.7 Å². The first-order valence-electron chi connectivity index (χ1n) is 8.32. The molecule has 0 amide bonds. The fourth-order valence-corrected chi connectivity index (χ4v) is 3.39. The quantitative estimate of drug-likeness (QED) is 0.533. The SMILES string of the molecule is CCCCNc1nc(N)nc(C)c1Sc1cc(C(=O)OC)ccc1OC. The van der Waals surface area contributed by atoms with E-state index in [2.05, 4.69) is 22.2 Å². The lowest BCUT2D eigenvalue weighted by atomic mass is 10.2. The number of hydrogen-bond donors (Lipinski definition) is 2. The molecule has 1 aromatic carbocycles. The number of aromatic nitrogens is 2. The van der Waals surface area contributed by atoms with Gasteiger partial charge in [0, 0.05) is 6.54 Å². The van der Waals surface area contributed by atoms with Gasteiger partial charge in [-0.1, -0.05) is 25.1 Å². The molecule has 7 nitrogen and oxygen atoms in total. The molecular weight excluding hydrogens is 352 g/mol. The molecule has 2 aromatic rings. The van der Waals surface area contributed by atoms with Gasteiger partial charge in [0.2, 0.25) is 5.95 Å². The summed E-state index contributed by atoms with van der Waals surface area (Å²) in [6.07, 6.45) is 2.10. The maximum Gasteiger partial charge on any atom is 0.337 e. The Kier molecular flexibility index (Phi) is 7.08. The Morgan fingerprint density at radius 1 is 1.31 bits per heavy atom. The molecule has 0 aliphatic rings. The number of nitrogen functional groups attached to an aromatic ring is 1. The van der Waals surface area contributed by atoms with Crippen LogP contribution in [0.3, 0.4) is 0 Å². The number of carbonyl (C=O) groups is 1. The summed E-state index contributed by atoms with van der Waals surface area (Å²) in [6.45, 7) is 4.79. The zero-order chi connectivity index (χ0) is 19.1. The molecule has 1 heterocycles. The monoisotopic (exact) mass is 376 g/mol. The summed E-state index contributed by atoms with van der Waals surface area (Å²) in [6, 6.07) is 5.15. The highest BCUT2D eigenvalue weighted by Gasteiger charge is 2.17. The lowest BCUT2D eigenvalue weighted by Crippen LogP contribution is -2.09. The highest BCUT2D eigenvalue weighted by Crippen LogP contribution is 2.40. The Morgan fingerprint density at radius 3 is 2.73 bits per heavy atom.